The lowest BCUT2D eigenvalue weighted by Crippen LogP contribution is -1.95. The van der Waals surface area contributed by atoms with Crippen molar-refractivity contribution < 1.29 is 8.78 Å². The highest BCUT2D eigenvalue weighted by molar-refractivity contribution is 6.36. The molecule has 2 heterocycles. The maximum Gasteiger partial charge on any atom is 0.137 e. The number of H-pyrrole nitrogens is 1. The van der Waals surface area contributed by atoms with Gasteiger partial charge in [-0.15, -0.1) is 0 Å². The Morgan fingerprint density at radius 3 is 2.78 bits per heavy atom. The van der Waals surface area contributed by atoms with E-state index >= 15 is 0 Å². The smallest absolute Gasteiger partial charge is 0.137 e. The molecule has 0 amide bonds. The minimum Gasteiger partial charge on any atom is -0.361 e. The molecule has 0 unspecified atom stereocenters. The van der Waals surface area contributed by atoms with Crippen molar-refractivity contribution >= 4 is 33.4 Å². The summed E-state index contributed by atoms with van der Waals surface area (Å²) in [7, 11) is 0. The Kier molecular flexibility index (Phi) is 3.10. The largest absolute Gasteiger partial charge is 0.361 e. The lowest BCUT2D eigenvalue weighted by atomic mass is 10.0. The third-order valence-electron chi connectivity index (χ3n) is 4.02. The first-order chi connectivity index (χ1) is 11.1. The quantitative estimate of drug-likeness (QED) is 0.482. The Morgan fingerprint density at radius 1 is 1.13 bits per heavy atom. The van der Waals surface area contributed by atoms with Crippen LogP contribution in [0.1, 0.15) is 5.56 Å². The summed E-state index contributed by atoms with van der Waals surface area (Å²) in [6, 6.07) is 9.74. The van der Waals surface area contributed by atoms with Gasteiger partial charge in [-0.05, 0) is 24.6 Å². The van der Waals surface area contributed by atoms with Gasteiger partial charge in [0, 0.05) is 34.8 Å². The zero-order valence-electron chi connectivity index (χ0n) is 12.1. The van der Waals surface area contributed by atoms with Crippen LogP contribution < -0.4 is 0 Å². The molecule has 0 saturated carbocycles. The predicted molar refractivity (Wildman–Crippen MR) is 88.7 cm³/mol. The SMILES string of the molecule is Cc1c(-c2cccc3[nH]ccc23)nc2cc(F)cc(F)c2c1Cl. The highest BCUT2D eigenvalue weighted by Crippen LogP contribution is 2.37. The molecular weight excluding hydrogens is 318 g/mol. The van der Waals surface area contributed by atoms with Gasteiger partial charge in [0.1, 0.15) is 11.6 Å². The first-order valence-corrected chi connectivity index (χ1v) is 7.45. The number of nitrogens with one attached hydrogen (secondary N) is 1. The molecule has 0 aliphatic carbocycles. The molecule has 114 valence electrons. The van der Waals surface area contributed by atoms with Crippen molar-refractivity contribution in [1.29, 1.82) is 0 Å². The van der Waals surface area contributed by atoms with Crippen LogP contribution >= 0.6 is 11.6 Å². The number of nitrogens with zero attached hydrogens (tertiary/aromatic N) is 1. The van der Waals surface area contributed by atoms with E-state index in [4.69, 9.17) is 11.6 Å². The van der Waals surface area contributed by atoms with Gasteiger partial charge in [0.05, 0.1) is 21.6 Å². The normalized spacial score (nSPS) is 11.5. The number of halogens is 3. The molecule has 0 aliphatic rings. The average molecular weight is 329 g/mol. The maximum atomic E-state index is 14.1. The third-order valence-corrected chi connectivity index (χ3v) is 4.49. The number of fused-ring (bicyclic) bond motifs is 2. The Labute approximate surface area is 135 Å². The van der Waals surface area contributed by atoms with Crippen molar-refractivity contribution in [3.63, 3.8) is 0 Å². The molecule has 5 heteroatoms. The van der Waals surface area contributed by atoms with Gasteiger partial charge >= 0.3 is 0 Å². The molecule has 0 aliphatic heterocycles. The maximum absolute atomic E-state index is 14.1. The number of aromatic amines is 1. The zero-order chi connectivity index (χ0) is 16.1. The molecule has 2 aromatic carbocycles. The second-order valence-electron chi connectivity index (χ2n) is 5.43. The number of hydrogen-bond acceptors (Lipinski definition) is 1. The molecule has 0 radical (unpaired) electrons. The zero-order valence-corrected chi connectivity index (χ0v) is 12.9. The van der Waals surface area contributed by atoms with Crippen LogP contribution in [-0.2, 0) is 0 Å². The van der Waals surface area contributed by atoms with E-state index in [1.54, 1.807) is 6.92 Å². The van der Waals surface area contributed by atoms with E-state index in [-0.39, 0.29) is 15.9 Å². The van der Waals surface area contributed by atoms with E-state index in [1.165, 1.54) is 6.07 Å². The molecule has 0 saturated heterocycles. The van der Waals surface area contributed by atoms with E-state index in [1.807, 2.05) is 30.5 Å². The van der Waals surface area contributed by atoms with Crippen molar-refractivity contribution in [3.8, 4) is 11.3 Å². The lowest BCUT2D eigenvalue weighted by Gasteiger charge is -2.12. The van der Waals surface area contributed by atoms with E-state index in [2.05, 4.69) is 9.97 Å². The van der Waals surface area contributed by atoms with Gasteiger partial charge in [0.25, 0.3) is 0 Å². The standard InChI is InChI=1S/C18H11ClF2N2/c1-9-17(19)16-13(21)7-10(20)8-15(16)23-18(9)12-3-2-4-14-11(12)5-6-22-14/h2-8,22H,1H3. The van der Waals surface area contributed by atoms with E-state index in [0.29, 0.717) is 11.3 Å². The predicted octanol–water partition coefficient (Wildman–Crippen LogP) is 5.62. The Balaban J connectivity index is 2.12. The highest BCUT2D eigenvalue weighted by Gasteiger charge is 2.17. The summed E-state index contributed by atoms with van der Waals surface area (Å²) in [5.74, 6) is -1.37. The summed E-state index contributed by atoms with van der Waals surface area (Å²) in [5.41, 5.74) is 3.33. The molecule has 0 bridgehead atoms. The van der Waals surface area contributed by atoms with Crippen LogP contribution in [0, 0.1) is 18.6 Å². The first kappa shape index (κ1) is 14.2. The van der Waals surface area contributed by atoms with Crippen LogP contribution in [0.5, 0.6) is 0 Å². The molecule has 0 atom stereocenters. The van der Waals surface area contributed by atoms with E-state index in [0.717, 1.165) is 22.5 Å². The van der Waals surface area contributed by atoms with Crippen LogP contribution in [0.25, 0.3) is 33.1 Å². The molecule has 4 aromatic rings. The summed E-state index contributed by atoms with van der Waals surface area (Å²) in [5, 5.41) is 1.39. The van der Waals surface area contributed by atoms with Crippen LogP contribution in [-0.4, -0.2) is 9.97 Å². The topological polar surface area (TPSA) is 28.7 Å². The third kappa shape index (κ3) is 2.10. The fraction of sp³-hybridized carbons (Fsp3) is 0.0556. The number of aromatic nitrogens is 2. The van der Waals surface area contributed by atoms with Crippen LogP contribution in [0.4, 0.5) is 8.78 Å². The molecule has 1 N–H and O–H groups in total. The van der Waals surface area contributed by atoms with Crippen molar-refractivity contribution in [2.24, 2.45) is 0 Å². The molecule has 23 heavy (non-hydrogen) atoms. The minimum atomic E-state index is -0.702. The first-order valence-electron chi connectivity index (χ1n) is 7.07. The van der Waals surface area contributed by atoms with Crippen molar-refractivity contribution in [3.05, 3.63) is 64.8 Å². The van der Waals surface area contributed by atoms with Crippen LogP contribution in [0.15, 0.2) is 42.6 Å². The second kappa shape index (κ2) is 5.03. The van der Waals surface area contributed by atoms with Crippen molar-refractivity contribution in [1.82, 2.24) is 9.97 Å². The molecule has 4 rings (SSSR count). The fourth-order valence-corrected chi connectivity index (χ4v) is 3.19. The Bertz CT molecular complexity index is 1070. The van der Waals surface area contributed by atoms with Gasteiger partial charge in [-0.25, -0.2) is 13.8 Å². The average Bonchev–Trinajstić information content (AvgIpc) is 2.98. The fourth-order valence-electron chi connectivity index (χ4n) is 2.92. The monoisotopic (exact) mass is 328 g/mol. The summed E-state index contributed by atoms with van der Waals surface area (Å²) < 4.78 is 27.6. The molecule has 0 spiro atoms. The lowest BCUT2D eigenvalue weighted by molar-refractivity contribution is 0.591. The number of hydrogen-bond donors (Lipinski definition) is 1. The van der Waals surface area contributed by atoms with Gasteiger partial charge in [-0.1, -0.05) is 23.7 Å². The minimum absolute atomic E-state index is 0.149. The van der Waals surface area contributed by atoms with Crippen molar-refractivity contribution in [2.75, 3.05) is 0 Å². The number of pyridine rings is 1. The summed E-state index contributed by atoms with van der Waals surface area (Å²) >= 11 is 6.35. The van der Waals surface area contributed by atoms with E-state index in [9.17, 15) is 8.78 Å². The van der Waals surface area contributed by atoms with Crippen molar-refractivity contribution in [2.45, 2.75) is 6.92 Å². The van der Waals surface area contributed by atoms with Gasteiger partial charge < -0.3 is 4.98 Å². The van der Waals surface area contributed by atoms with Gasteiger partial charge in [0.2, 0.25) is 0 Å². The second-order valence-corrected chi connectivity index (χ2v) is 5.80. The van der Waals surface area contributed by atoms with Crippen LogP contribution in [0.3, 0.4) is 0 Å². The molecule has 2 nitrogen and oxygen atoms in total. The van der Waals surface area contributed by atoms with Gasteiger partial charge in [-0.3, -0.25) is 0 Å². The van der Waals surface area contributed by atoms with E-state index < -0.39 is 11.6 Å². The summed E-state index contributed by atoms with van der Waals surface area (Å²) in [6.07, 6.45) is 1.84. The Morgan fingerprint density at radius 2 is 1.96 bits per heavy atom. The van der Waals surface area contributed by atoms with Gasteiger partial charge in [-0.2, -0.15) is 0 Å². The number of rotatable bonds is 1. The highest BCUT2D eigenvalue weighted by atomic mass is 35.5. The van der Waals surface area contributed by atoms with Crippen LogP contribution in [0.2, 0.25) is 5.02 Å². The summed E-state index contributed by atoms with van der Waals surface area (Å²) in [6.45, 7) is 1.79. The molecule has 2 aromatic heterocycles. The molecule has 0 fully saturated rings. The molecular formula is C18H11ClF2N2. The van der Waals surface area contributed by atoms with Gasteiger partial charge in [0.15, 0.2) is 0 Å². The summed E-state index contributed by atoms with van der Waals surface area (Å²) in [4.78, 5) is 7.62. The number of benzene rings is 2. The Hall–Kier alpha value is -2.46.